The van der Waals surface area contributed by atoms with Crippen LogP contribution in [0.15, 0.2) is 23.1 Å². The SMILES string of the molecule is CCS(=O)(=O)c1cccc(OC)c1N. The first-order valence-electron chi connectivity index (χ1n) is 4.18. The molecule has 4 nitrogen and oxygen atoms in total. The van der Waals surface area contributed by atoms with Crippen molar-refractivity contribution >= 4 is 15.5 Å². The van der Waals surface area contributed by atoms with Crippen LogP contribution in [-0.4, -0.2) is 21.3 Å². The summed E-state index contributed by atoms with van der Waals surface area (Å²) in [7, 11) is -1.81. The number of anilines is 1. The van der Waals surface area contributed by atoms with Gasteiger partial charge in [0.15, 0.2) is 9.84 Å². The number of hydrogen-bond donors (Lipinski definition) is 1. The molecule has 1 aromatic rings. The highest BCUT2D eigenvalue weighted by Gasteiger charge is 2.17. The molecule has 0 heterocycles. The number of para-hydroxylation sites is 1. The van der Waals surface area contributed by atoms with Crippen LogP contribution in [-0.2, 0) is 9.84 Å². The van der Waals surface area contributed by atoms with Gasteiger partial charge in [0, 0.05) is 0 Å². The molecule has 0 aliphatic rings. The molecule has 0 aromatic heterocycles. The molecule has 0 amide bonds. The maximum Gasteiger partial charge on any atom is 0.180 e. The van der Waals surface area contributed by atoms with Crippen molar-refractivity contribution in [2.24, 2.45) is 0 Å². The third kappa shape index (κ3) is 1.82. The lowest BCUT2D eigenvalue weighted by Gasteiger charge is -2.09. The largest absolute Gasteiger partial charge is 0.495 e. The Morgan fingerprint density at radius 1 is 1.43 bits per heavy atom. The summed E-state index contributed by atoms with van der Waals surface area (Å²) >= 11 is 0. The number of ether oxygens (including phenoxy) is 1. The summed E-state index contributed by atoms with van der Waals surface area (Å²) in [5, 5.41) is 0. The van der Waals surface area contributed by atoms with Crippen LogP contribution >= 0.6 is 0 Å². The maximum atomic E-state index is 11.6. The zero-order valence-electron chi connectivity index (χ0n) is 8.15. The van der Waals surface area contributed by atoms with Crippen LogP contribution in [0, 0.1) is 0 Å². The van der Waals surface area contributed by atoms with E-state index >= 15 is 0 Å². The van der Waals surface area contributed by atoms with E-state index < -0.39 is 9.84 Å². The zero-order chi connectivity index (χ0) is 10.8. The van der Waals surface area contributed by atoms with Gasteiger partial charge in [0.1, 0.15) is 5.75 Å². The fourth-order valence-corrected chi connectivity index (χ4v) is 2.16. The topological polar surface area (TPSA) is 69.4 Å². The highest BCUT2D eigenvalue weighted by Crippen LogP contribution is 2.28. The Kier molecular flexibility index (Phi) is 3.00. The molecule has 14 heavy (non-hydrogen) atoms. The second-order valence-electron chi connectivity index (χ2n) is 2.78. The van der Waals surface area contributed by atoms with E-state index in [1.54, 1.807) is 19.1 Å². The van der Waals surface area contributed by atoms with E-state index in [1.165, 1.54) is 13.2 Å². The molecule has 5 heteroatoms. The average molecular weight is 215 g/mol. The van der Waals surface area contributed by atoms with Crippen molar-refractivity contribution < 1.29 is 13.2 Å². The van der Waals surface area contributed by atoms with E-state index in [0.29, 0.717) is 5.75 Å². The Morgan fingerprint density at radius 2 is 2.07 bits per heavy atom. The summed E-state index contributed by atoms with van der Waals surface area (Å²) in [5.74, 6) is 0.421. The third-order valence-electron chi connectivity index (χ3n) is 1.96. The lowest BCUT2D eigenvalue weighted by Crippen LogP contribution is -2.07. The smallest absolute Gasteiger partial charge is 0.180 e. The standard InChI is InChI=1S/C9H13NO3S/c1-3-14(11,12)8-6-4-5-7(13-2)9(8)10/h4-6H,3,10H2,1-2H3. The fourth-order valence-electron chi connectivity index (χ4n) is 1.13. The lowest BCUT2D eigenvalue weighted by atomic mass is 10.3. The van der Waals surface area contributed by atoms with Crippen LogP contribution in [0.25, 0.3) is 0 Å². The van der Waals surface area contributed by atoms with Gasteiger partial charge in [-0.15, -0.1) is 0 Å². The average Bonchev–Trinajstić information content (AvgIpc) is 2.18. The highest BCUT2D eigenvalue weighted by molar-refractivity contribution is 7.91. The number of hydrogen-bond acceptors (Lipinski definition) is 4. The summed E-state index contributed by atoms with van der Waals surface area (Å²) in [6.07, 6.45) is 0. The molecule has 0 bridgehead atoms. The fraction of sp³-hybridized carbons (Fsp3) is 0.333. The molecule has 0 unspecified atom stereocenters. The van der Waals surface area contributed by atoms with Crippen LogP contribution in [0.2, 0.25) is 0 Å². The van der Waals surface area contributed by atoms with Gasteiger partial charge >= 0.3 is 0 Å². The minimum Gasteiger partial charge on any atom is -0.495 e. The van der Waals surface area contributed by atoms with Gasteiger partial charge in [-0.3, -0.25) is 0 Å². The van der Waals surface area contributed by atoms with Crippen molar-refractivity contribution in [2.75, 3.05) is 18.6 Å². The molecule has 0 atom stereocenters. The molecule has 0 spiro atoms. The van der Waals surface area contributed by atoms with E-state index in [2.05, 4.69) is 0 Å². The summed E-state index contributed by atoms with van der Waals surface area (Å²) in [5.41, 5.74) is 5.83. The van der Waals surface area contributed by atoms with Gasteiger partial charge in [0.05, 0.1) is 23.4 Å². The molecule has 0 aliphatic heterocycles. The van der Waals surface area contributed by atoms with Gasteiger partial charge in [-0.1, -0.05) is 13.0 Å². The Morgan fingerprint density at radius 3 is 2.57 bits per heavy atom. The molecular weight excluding hydrogens is 202 g/mol. The van der Waals surface area contributed by atoms with E-state index in [-0.39, 0.29) is 16.3 Å². The Labute approximate surface area is 83.6 Å². The number of nitrogen functional groups attached to an aromatic ring is 1. The summed E-state index contributed by atoms with van der Waals surface area (Å²) in [6.45, 7) is 1.58. The van der Waals surface area contributed by atoms with Gasteiger partial charge in [0.25, 0.3) is 0 Å². The van der Waals surface area contributed by atoms with Crippen molar-refractivity contribution in [3.63, 3.8) is 0 Å². The molecule has 0 aliphatic carbocycles. The number of rotatable bonds is 3. The first-order chi connectivity index (χ1) is 6.53. The van der Waals surface area contributed by atoms with Gasteiger partial charge in [-0.05, 0) is 12.1 Å². The van der Waals surface area contributed by atoms with E-state index in [9.17, 15) is 8.42 Å². The number of nitrogens with two attached hydrogens (primary N) is 1. The van der Waals surface area contributed by atoms with Gasteiger partial charge in [0.2, 0.25) is 0 Å². The van der Waals surface area contributed by atoms with Gasteiger partial charge in [-0.25, -0.2) is 8.42 Å². The monoisotopic (exact) mass is 215 g/mol. The number of sulfone groups is 1. The molecule has 2 N–H and O–H groups in total. The summed E-state index contributed by atoms with van der Waals surface area (Å²) in [4.78, 5) is 0.138. The molecule has 1 aromatic carbocycles. The van der Waals surface area contributed by atoms with Crippen molar-refractivity contribution in [1.29, 1.82) is 0 Å². The van der Waals surface area contributed by atoms with Crippen LogP contribution in [0.5, 0.6) is 5.75 Å². The van der Waals surface area contributed by atoms with Crippen LogP contribution < -0.4 is 10.5 Å². The first-order valence-corrected chi connectivity index (χ1v) is 5.83. The van der Waals surface area contributed by atoms with Crippen LogP contribution in [0.1, 0.15) is 6.92 Å². The predicted octanol–water partition coefficient (Wildman–Crippen LogP) is 1.07. The molecule has 0 saturated carbocycles. The van der Waals surface area contributed by atoms with Crippen molar-refractivity contribution in [1.82, 2.24) is 0 Å². The van der Waals surface area contributed by atoms with Crippen molar-refractivity contribution in [3.05, 3.63) is 18.2 Å². The van der Waals surface area contributed by atoms with E-state index in [4.69, 9.17) is 10.5 Å². The van der Waals surface area contributed by atoms with Crippen molar-refractivity contribution in [3.8, 4) is 5.75 Å². The Hall–Kier alpha value is -1.23. The Balaban J connectivity index is 3.37. The molecule has 0 saturated heterocycles. The molecule has 78 valence electrons. The highest BCUT2D eigenvalue weighted by atomic mass is 32.2. The van der Waals surface area contributed by atoms with Gasteiger partial charge < -0.3 is 10.5 Å². The maximum absolute atomic E-state index is 11.6. The van der Waals surface area contributed by atoms with E-state index in [0.717, 1.165) is 0 Å². The molecular formula is C9H13NO3S. The van der Waals surface area contributed by atoms with Crippen molar-refractivity contribution in [2.45, 2.75) is 11.8 Å². The molecule has 0 radical (unpaired) electrons. The second kappa shape index (κ2) is 3.88. The summed E-state index contributed by atoms with van der Waals surface area (Å²) < 4.78 is 28.0. The predicted molar refractivity (Wildman–Crippen MR) is 55.1 cm³/mol. The first kappa shape index (κ1) is 10.8. The van der Waals surface area contributed by atoms with E-state index in [1.807, 2.05) is 0 Å². The second-order valence-corrected chi connectivity index (χ2v) is 5.02. The Bertz CT molecular complexity index is 426. The van der Waals surface area contributed by atoms with Crippen LogP contribution in [0.3, 0.4) is 0 Å². The third-order valence-corrected chi connectivity index (χ3v) is 3.75. The minimum absolute atomic E-state index is 0.0321. The molecule has 1 rings (SSSR count). The lowest BCUT2D eigenvalue weighted by molar-refractivity contribution is 0.416. The number of benzene rings is 1. The minimum atomic E-state index is -3.27. The summed E-state index contributed by atoms with van der Waals surface area (Å²) in [6, 6.07) is 4.72. The molecule has 0 fully saturated rings. The van der Waals surface area contributed by atoms with Crippen LogP contribution in [0.4, 0.5) is 5.69 Å². The quantitative estimate of drug-likeness (QED) is 0.766. The normalized spacial score (nSPS) is 11.3. The zero-order valence-corrected chi connectivity index (χ0v) is 8.97. The number of methoxy groups -OCH3 is 1. The van der Waals surface area contributed by atoms with Gasteiger partial charge in [-0.2, -0.15) is 0 Å².